The van der Waals surface area contributed by atoms with Crippen LogP contribution in [0, 0.1) is 0 Å². The van der Waals surface area contributed by atoms with E-state index >= 15 is 0 Å². The first-order chi connectivity index (χ1) is 8.49. The number of hydrogen-bond acceptors (Lipinski definition) is 5. The molecule has 1 fully saturated rings. The molecule has 2 rings (SSSR count). The minimum absolute atomic E-state index is 0.0414. The van der Waals surface area contributed by atoms with E-state index < -0.39 is 17.7 Å². The molecule has 0 aliphatic carbocycles. The van der Waals surface area contributed by atoms with Gasteiger partial charge in [0.05, 0.1) is 30.0 Å². The van der Waals surface area contributed by atoms with Crippen molar-refractivity contribution in [2.45, 2.75) is 0 Å². The van der Waals surface area contributed by atoms with Crippen LogP contribution in [0.4, 0.5) is 11.4 Å². The van der Waals surface area contributed by atoms with Crippen LogP contribution in [0.3, 0.4) is 0 Å². The third-order valence-electron chi connectivity index (χ3n) is 2.60. The van der Waals surface area contributed by atoms with Crippen molar-refractivity contribution in [2.75, 3.05) is 23.7 Å². The van der Waals surface area contributed by atoms with Gasteiger partial charge >= 0.3 is 0 Å². The number of rotatable bonds is 2. The fourth-order valence-corrected chi connectivity index (χ4v) is 1.91. The highest BCUT2D eigenvalue weighted by Gasteiger charge is 2.26. The largest absolute Gasteiger partial charge is 0.397 e. The number of carbonyl (C=O) groups is 3. The number of primary amides is 1. The Labute approximate surface area is 103 Å². The van der Waals surface area contributed by atoms with Gasteiger partial charge in [-0.1, -0.05) is 6.07 Å². The summed E-state index contributed by atoms with van der Waals surface area (Å²) in [5.74, 6) is -1.54. The molecule has 0 atom stereocenters. The first-order valence-corrected chi connectivity index (χ1v) is 5.25. The van der Waals surface area contributed by atoms with Gasteiger partial charge in [-0.15, -0.1) is 0 Å². The van der Waals surface area contributed by atoms with Gasteiger partial charge in [-0.3, -0.25) is 19.7 Å². The van der Waals surface area contributed by atoms with Crippen molar-refractivity contribution in [1.29, 1.82) is 0 Å². The second-order valence-corrected chi connectivity index (χ2v) is 3.94. The summed E-state index contributed by atoms with van der Waals surface area (Å²) < 4.78 is 0. The molecule has 1 aromatic carbocycles. The molecule has 1 aliphatic heterocycles. The van der Waals surface area contributed by atoms with Gasteiger partial charge in [-0.2, -0.15) is 0 Å². The van der Waals surface area contributed by atoms with E-state index in [1.165, 1.54) is 11.0 Å². The number of para-hydroxylation sites is 1. The maximum Gasteiger partial charge on any atom is 0.250 e. The number of amides is 3. The zero-order chi connectivity index (χ0) is 13.3. The van der Waals surface area contributed by atoms with Crippen LogP contribution in [-0.4, -0.2) is 30.8 Å². The maximum atomic E-state index is 11.3. The van der Waals surface area contributed by atoms with Crippen LogP contribution in [0.1, 0.15) is 10.4 Å². The number of anilines is 2. The number of nitrogens with zero attached hydrogens (tertiary/aromatic N) is 1. The van der Waals surface area contributed by atoms with Gasteiger partial charge in [0.2, 0.25) is 11.8 Å². The van der Waals surface area contributed by atoms with Gasteiger partial charge in [-0.25, -0.2) is 0 Å². The molecule has 0 bridgehead atoms. The summed E-state index contributed by atoms with van der Waals surface area (Å²) in [4.78, 5) is 35.4. The lowest BCUT2D eigenvalue weighted by Crippen LogP contribution is -2.52. The Balaban J connectivity index is 2.46. The van der Waals surface area contributed by atoms with E-state index in [0.717, 1.165) is 0 Å². The molecular formula is C11H12N4O3. The molecule has 94 valence electrons. The van der Waals surface area contributed by atoms with E-state index in [1.807, 2.05) is 0 Å². The molecule has 18 heavy (non-hydrogen) atoms. The standard InChI is InChI=1S/C11H12N4O3/c12-7-3-1-2-6(11(13)18)10(7)15-4-8(16)14-9(17)5-15/h1-3H,4-5,12H2,(H2,13,18)(H,14,16,17). The Kier molecular flexibility index (Phi) is 2.88. The lowest BCUT2D eigenvalue weighted by molar-refractivity contribution is -0.130. The fraction of sp³-hybridized carbons (Fsp3) is 0.182. The lowest BCUT2D eigenvalue weighted by atomic mass is 10.1. The molecule has 0 radical (unpaired) electrons. The molecule has 0 spiro atoms. The topological polar surface area (TPSA) is 119 Å². The van der Waals surface area contributed by atoms with E-state index in [-0.39, 0.29) is 18.7 Å². The van der Waals surface area contributed by atoms with Crippen LogP contribution < -0.4 is 21.7 Å². The third-order valence-corrected chi connectivity index (χ3v) is 2.60. The number of carbonyl (C=O) groups excluding carboxylic acids is 3. The Hall–Kier alpha value is -2.57. The predicted octanol–water partition coefficient (Wildman–Crippen LogP) is -1.17. The van der Waals surface area contributed by atoms with E-state index in [4.69, 9.17) is 11.5 Å². The van der Waals surface area contributed by atoms with E-state index in [1.54, 1.807) is 12.1 Å². The molecule has 0 saturated carbocycles. The first-order valence-electron chi connectivity index (χ1n) is 5.25. The molecule has 1 heterocycles. The van der Waals surface area contributed by atoms with Crippen LogP contribution in [-0.2, 0) is 9.59 Å². The number of nitrogens with two attached hydrogens (primary N) is 2. The summed E-state index contributed by atoms with van der Waals surface area (Å²) in [5.41, 5.74) is 11.9. The second-order valence-electron chi connectivity index (χ2n) is 3.94. The second kappa shape index (κ2) is 4.36. The normalized spacial score (nSPS) is 15.4. The monoisotopic (exact) mass is 248 g/mol. The van der Waals surface area contributed by atoms with Crippen molar-refractivity contribution in [3.63, 3.8) is 0 Å². The van der Waals surface area contributed by atoms with Crippen LogP contribution in [0.5, 0.6) is 0 Å². The number of nitrogens with one attached hydrogen (secondary N) is 1. The van der Waals surface area contributed by atoms with Crippen molar-refractivity contribution in [3.05, 3.63) is 23.8 Å². The molecular weight excluding hydrogens is 236 g/mol. The van der Waals surface area contributed by atoms with Gasteiger partial charge in [0.25, 0.3) is 5.91 Å². The van der Waals surface area contributed by atoms with Crippen molar-refractivity contribution in [1.82, 2.24) is 5.32 Å². The number of hydrogen-bond donors (Lipinski definition) is 3. The maximum absolute atomic E-state index is 11.3. The van der Waals surface area contributed by atoms with Gasteiger partial charge in [0.15, 0.2) is 0 Å². The molecule has 1 saturated heterocycles. The first kappa shape index (κ1) is 11.9. The Morgan fingerprint density at radius 3 is 2.39 bits per heavy atom. The van der Waals surface area contributed by atoms with Gasteiger partial charge in [0, 0.05) is 0 Å². The van der Waals surface area contributed by atoms with E-state index in [0.29, 0.717) is 11.4 Å². The summed E-state index contributed by atoms with van der Waals surface area (Å²) in [6.45, 7) is -0.0829. The number of imide groups is 1. The molecule has 1 aliphatic rings. The minimum atomic E-state index is -0.657. The van der Waals surface area contributed by atoms with Gasteiger partial charge in [-0.05, 0) is 12.1 Å². The minimum Gasteiger partial charge on any atom is -0.397 e. The third kappa shape index (κ3) is 2.10. The van der Waals surface area contributed by atoms with Crippen molar-refractivity contribution in [2.24, 2.45) is 5.73 Å². The molecule has 1 aromatic rings. The molecule has 0 unspecified atom stereocenters. The number of benzene rings is 1. The molecule has 5 N–H and O–H groups in total. The van der Waals surface area contributed by atoms with Crippen LogP contribution in [0.15, 0.2) is 18.2 Å². The molecule has 0 aromatic heterocycles. The number of nitrogen functional groups attached to an aromatic ring is 1. The van der Waals surface area contributed by atoms with Gasteiger partial charge < -0.3 is 16.4 Å². The highest BCUT2D eigenvalue weighted by Crippen LogP contribution is 2.28. The summed E-state index contributed by atoms with van der Waals surface area (Å²) in [7, 11) is 0. The Morgan fingerprint density at radius 2 is 1.83 bits per heavy atom. The van der Waals surface area contributed by atoms with Crippen LogP contribution in [0.25, 0.3) is 0 Å². The predicted molar refractivity (Wildman–Crippen MR) is 64.7 cm³/mol. The molecule has 3 amide bonds. The zero-order valence-corrected chi connectivity index (χ0v) is 9.47. The molecule has 7 heteroatoms. The van der Waals surface area contributed by atoms with Crippen molar-refractivity contribution >= 4 is 29.1 Å². The highest BCUT2D eigenvalue weighted by molar-refractivity contribution is 6.07. The van der Waals surface area contributed by atoms with Crippen LogP contribution >= 0.6 is 0 Å². The molecule has 7 nitrogen and oxygen atoms in total. The average molecular weight is 248 g/mol. The summed E-state index contributed by atoms with van der Waals surface area (Å²) in [6.07, 6.45) is 0. The highest BCUT2D eigenvalue weighted by atomic mass is 16.2. The quantitative estimate of drug-likeness (QED) is 0.450. The van der Waals surface area contributed by atoms with Crippen molar-refractivity contribution in [3.8, 4) is 0 Å². The zero-order valence-electron chi connectivity index (χ0n) is 9.47. The van der Waals surface area contributed by atoms with Gasteiger partial charge in [0.1, 0.15) is 0 Å². The Morgan fingerprint density at radius 1 is 1.22 bits per heavy atom. The number of piperazine rings is 1. The Bertz CT molecular complexity index is 525. The van der Waals surface area contributed by atoms with E-state index in [2.05, 4.69) is 5.32 Å². The van der Waals surface area contributed by atoms with Crippen LogP contribution in [0.2, 0.25) is 0 Å². The summed E-state index contributed by atoms with van der Waals surface area (Å²) in [5, 5.41) is 2.17. The smallest absolute Gasteiger partial charge is 0.250 e. The SMILES string of the molecule is NC(=O)c1cccc(N)c1N1CC(=O)NC(=O)C1. The lowest BCUT2D eigenvalue weighted by Gasteiger charge is -2.29. The summed E-state index contributed by atoms with van der Waals surface area (Å²) in [6, 6.07) is 4.68. The summed E-state index contributed by atoms with van der Waals surface area (Å²) >= 11 is 0. The average Bonchev–Trinajstić information content (AvgIpc) is 2.26. The van der Waals surface area contributed by atoms with Crippen molar-refractivity contribution < 1.29 is 14.4 Å². The fourth-order valence-electron chi connectivity index (χ4n) is 1.91. The van der Waals surface area contributed by atoms with E-state index in [9.17, 15) is 14.4 Å².